The number of pyridine rings is 1. The van der Waals surface area contributed by atoms with E-state index in [-0.39, 0.29) is 0 Å². The Labute approximate surface area is 95.3 Å². The zero-order valence-corrected chi connectivity index (χ0v) is 9.64. The van der Waals surface area contributed by atoms with Gasteiger partial charge in [-0.2, -0.15) is 5.10 Å². The maximum Gasteiger partial charge on any atom is 0.0873 e. The van der Waals surface area contributed by atoms with E-state index in [0.717, 1.165) is 24.3 Å². The SMILES string of the molecule is CCNCc1ccncc1-n1cc(C)cn1. The van der Waals surface area contributed by atoms with E-state index >= 15 is 0 Å². The van der Waals surface area contributed by atoms with Gasteiger partial charge in [0.15, 0.2) is 0 Å². The predicted molar refractivity (Wildman–Crippen MR) is 63.5 cm³/mol. The third kappa shape index (κ3) is 2.28. The van der Waals surface area contributed by atoms with Crippen LogP contribution in [0.5, 0.6) is 0 Å². The second-order valence-electron chi connectivity index (χ2n) is 3.75. The quantitative estimate of drug-likeness (QED) is 0.845. The molecule has 1 N–H and O–H groups in total. The molecule has 0 aliphatic rings. The molecule has 0 radical (unpaired) electrons. The Hall–Kier alpha value is -1.68. The van der Waals surface area contributed by atoms with Gasteiger partial charge < -0.3 is 5.32 Å². The number of hydrogen-bond acceptors (Lipinski definition) is 3. The number of rotatable bonds is 4. The molecule has 0 amide bonds. The molecule has 4 nitrogen and oxygen atoms in total. The van der Waals surface area contributed by atoms with Gasteiger partial charge in [-0.25, -0.2) is 4.68 Å². The third-order valence-electron chi connectivity index (χ3n) is 2.41. The highest BCUT2D eigenvalue weighted by molar-refractivity contribution is 5.37. The molecule has 0 unspecified atom stereocenters. The fourth-order valence-corrected chi connectivity index (χ4v) is 1.57. The lowest BCUT2D eigenvalue weighted by molar-refractivity contribution is 0.715. The molecule has 2 aromatic rings. The van der Waals surface area contributed by atoms with Crippen molar-refractivity contribution in [2.75, 3.05) is 6.54 Å². The summed E-state index contributed by atoms with van der Waals surface area (Å²) in [4.78, 5) is 4.15. The summed E-state index contributed by atoms with van der Waals surface area (Å²) in [5.74, 6) is 0. The molecule has 84 valence electrons. The number of hydrogen-bond donors (Lipinski definition) is 1. The van der Waals surface area contributed by atoms with Crippen LogP contribution in [0.2, 0.25) is 0 Å². The number of aryl methyl sites for hydroxylation is 1. The molecule has 4 heteroatoms. The van der Waals surface area contributed by atoms with E-state index in [4.69, 9.17) is 0 Å². The zero-order chi connectivity index (χ0) is 11.4. The highest BCUT2D eigenvalue weighted by Gasteiger charge is 2.04. The largest absolute Gasteiger partial charge is 0.313 e. The van der Waals surface area contributed by atoms with Gasteiger partial charge in [-0.3, -0.25) is 4.98 Å². The zero-order valence-electron chi connectivity index (χ0n) is 9.64. The van der Waals surface area contributed by atoms with Gasteiger partial charge >= 0.3 is 0 Å². The summed E-state index contributed by atoms with van der Waals surface area (Å²) < 4.78 is 1.87. The Balaban J connectivity index is 2.32. The van der Waals surface area contributed by atoms with Crippen LogP contribution in [0.1, 0.15) is 18.1 Å². The maximum atomic E-state index is 4.30. The molecule has 0 bridgehead atoms. The van der Waals surface area contributed by atoms with Gasteiger partial charge in [-0.15, -0.1) is 0 Å². The van der Waals surface area contributed by atoms with E-state index in [2.05, 4.69) is 22.3 Å². The summed E-state index contributed by atoms with van der Waals surface area (Å²) in [6.07, 6.45) is 7.52. The van der Waals surface area contributed by atoms with Crippen molar-refractivity contribution in [1.29, 1.82) is 0 Å². The van der Waals surface area contributed by atoms with E-state index < -0.39 is 0 Å². The molecule has 0 aromatic carbocycles. The van der Waals surface area contributed by atoms with Gasteiger partial charge in [0.2, 0.25) is 0 Å². The first-order valence-corrected chi connectivity index (χ1v) is 5.46. The molecule has 0 spiro atoms. The summed E-state index contributed by atoms with van der Waals surface area (Å²) in [7, 11) is 0. The van der Waals surface area contributed by atoms with E-state index in [9.17, 15) is 0 Å². The van der Waals surface area contributed by atoms with E-state index in [0.29, 0.717) is 0 Å². The van der Waals surface area contributed by atoms with Gasteiger partial charge in [0, 0.05) is 18.9 Å². The molecule has 2 rings (SSSR count). The minimum atomic E-state index is 0.841. The van der Waals surface area contributed by atoms with Gasteiger partial charge in [0.25, 0.3) is 0 Å². The first-order valence-electron chi connectivity index (χ1n) is 5.46. The van der Waals surface area contributed by atoms with Crippen LogP contribution < -0.4 is 5.32 Å². The molecule has 0 fully saturated rings. The van der Waals surface area contributed by atoms with Crippen LogP contribution in [0, 0.1) is 6.92 Å². The van der Waals surface area contributed by atoms with Crippen molar-refractivity contribution in [1.82, 2.24) is 20.1 Å². The molecule has 2 aromatic heterocycles. The Morgan fingerprint density at radius 1 is 1.38 bits per heavy atom. The van der Waals surface area contributed by atoms with Crippen molar-refractivity contribution >= 4 is 0 Å². The summed E-state index contributed by atoms with van der Waals surface area (Å²) in [6.45, 7) is 5.93. The highest BCUT2D eigenvalue weighted by Crippen LogP contribution is 2.12. The number of aromatic nitrogens is 3. The fraction of sp³-hybridized carbons (Fsp3) is 0.333. The van der Waals surface area contributed by atoms with Crippen molar-refractivity contribution in [3.63, 3.8) is 0 Å². The van der Waals surface area contributed by atoms with Gasteiger partial charge in [0.1, 0.15) is 0 Å². The Kier molecular flexibility index (Phi) is 3.31. The Morgan fingerprint density at radius 2 is 2.25 bits per heavy atom. The third-order valence-corrected chi connectivity index (χ3v) is 2.41. The normalized spacial score (nSPS) is 10.6. The van der Waals surface area contributed by atoms with Crippen molar-refractivity contribution in [2.24, 2.45) is 0 Å². The van der Waals surface area contributed by atoms with Crippen molar-refractivity contribution < 1.29 is 0 Å². The van der Waals surface area contributed by atoms with Crippen LogP contribution in [-0.4, -0.2) is 21.3 Å². The molecule has 0 saturated heterocycles. The predicted octanol–water partition coefficient (Wildman–Crippen LogP) is 1.69. The molecule has 0 atom stereocenters. The van der Waals surface area contributed by atoms with Gasteiger partial charge in [0.05, 0.1) is 18.1 Å². The van der Waals surface area contributed by atoms with Crippen LogP contribution in [0.4, 0.5) is 0 Å². The molecule has 2 heterocycles. The monoisotopic (exact) mass is 216 g/mol. The smallest absolute Gasteiger partial charge is 0.0873 e. The first kappa shape index (κ1) is 10.8. The minimum Gasteiger partial charge on any atom is -0.313 e. The Bertz CT molecular complexity index is 462. The topological polar surface area (TPSA) is 42.7 Å². The van der Waals surface area contributed by atoms with Crippen molar-refractivity contribution in [3.05, 3.63) is 42.0 Å². The van der Waals surface area contributed by atoms with Crippen LogP contribution in [0.15, 0.2) is 30.9 Å². The van der Waals surface area contributed by atoms with Crippen molar-refractivity contribution in [3.8, 4) is 5.69 Å². The van der Waals surface area contributed by atoms with E-state index in [1.165, 1.54) is 5.56 Å². The van der Waals surface area contributed by atoms with Gasteiger partial charge in [-0.05, 0) is 30.7 Å². The highest BCUT2D eigenvalue weighted by atomic mass is 15.3. The summed E-state index contributed by atoms with van der Waals surface area (Å²) in [6, 6.07) is 2.02. The Morgan fingerprint density at radius 3 is 2.94 bits per heavy atom. The van der Waals surface area contributed by atoms with Crippen LogP contribution >= 0.6 is 0 Å². The van der Waals surface area contributed by atoms with Crippen LogP contribution in [0.25, 0.3) is 5.69 Å². The lowest BCUT2D eigenvalue weighted by atomic mass is 10.2. The maximum absolute atomic E-state index is 4.30. The average Bonchev–Trinajstić information content (AvgIpc) is 2.73. The number of nitrogens with zero attached hydrogens (tertiary/aromatic N) is 3. The molecule has 0 saturated carbocycles. The molecular formula is C12H16N4. The molecule has 0 aliphatic heterocycles. The molecule has 16 heavy (non-hydrogen) atoms. The standard InChI is InChI=1S/C12H16N4/c1-3-13-7-11-4-5-14-8-12(11)16-9-10(2)6-15-16/h4-6,8-9,13H,3,7H2,1-2H3. The summed E-state index contributed by atoms with van der Waals surface area (Å²) in [5.41, 5.74) is 3.40. The van der Waals surface area contributed by atoms with Crippen LogP contribution in [0.3, 0.4) is 0 Å². The molecule has 0 aliphatic carbocycles. The first-order chi connectivity index (χ1) is 7.81. The second-order valence-corrected chi connectivity index (χ2v) is 3.75. The average molecular weight is 216 g/mol. The lowest BCUT2D eigenvalue weighted by Gasteiger charge is -2.08. The fourth-order valence-electron chi connectivity index (χ4n) is 1.57. The summed E-state index contributed by atoms with van der Waals surface area (Å²) >= 11 is 0. The van der Waals surface area contributed by atoms with E-state index in [1.807, 2.05) is 42.5 Å². The van der Waals surface area contributed by atoms with Gasteiger partial charge in [-0.1, -0.05) is 6.92 Å². The molecular weight excluding hydrogens is 200 g/mol. The lowest BCUT2D eigenvalue weighted by Crippen LogP contribution is -2.14. The minimum absolute atomic E-state index is 0.841. The summed E-state index contributed by atoms with van der Waals surface area (Å²) in [5, 5.41) is 7.62. The number of nitrogens with one attached hydrogen (secondary N) is 1. The van der Waals surface area contributed by atoms with Crippen LogP contribution in [-0.2, 0) is 6.54 Å². The van der Waals surface area contributed by atoms with E-state index in [1.54, 1.807) is 0 Å². The van der Waals surface area contributed by atoms with Crippen molar-refractivity contribution in [2.45, 2.75) is 20.4 Å². The second kappa shape index (κ2) is 4.90.